The summed E-state index contributed by atoms with van der Waals surface area (Å²) in [6, 6.07) is 2.77. The molecule has 0 saturated heterocycles. The summed E-state index contributed by atoms with van der Waals surface area (Å²) in [5.74, 6) is -0.0408. The minimum absolute atomic E-state index is 0.273. The molecule has 0 atom stereocenters. The van der Waals surface area contributed by atoms with Gasteiger partial charge in [-0.3, -0.25) is 4.68 Å². The van der Waals surface area contributed by atoms with Crippen molar-refractivity contribution in [2.75, 3.05) is 0 Å². The minimum Gasteiger partial charge on any atom is -0.486 e. The SMILES string of the molecule is CCc1nn(C)c(COc2ccc(F)nc2)c1Cl. The van der Waals surface area contributed by atoms with Gasteiger partial charge in [-0.25, -0.2) is 4.98 Å². The van der Waals surface area contributed by atoms with Crippen LogP contribution in [-0.2, 0) is 20.1 Å². The second-order valence-electron chi connectivity index (χ2n) is 3.79. The summed E-state index contributed by atoms with van der Waals surface area (Å²) in [6.07, 6.45) is 2.10. The van der Waals surface area contributed by atoms with E-state index in [1.165, 1.54) is 18.3 Å². The molecule has 0 saturated carbocycles. The summed E-state index contributed by atoms with van der Waals surface area (Å²) in [7, 11) is 1.81. The zero-order valence-corrected chi connectivity index (χ0v) is 10.9. The van der Waals surface area contributed by atoms with Crippen LogP contribution in [-0.4, -0.2) is 14.8 Å². The van der Waals surface area contributed by atoms with Crippen molar-refractivity contribution in [2.45, 2.75) is 20.0 Å². The van der Waals surface area contributed by atoms with E-state index in [2.05, 4.69) is 10.1 Å². The fourth-order valence-electron chi connectivity index (χ4n) is 1.58. The highest BCUT2D eigenvalue weighted by Crippen LogP contribution is 2.22. The van der Waals surface area contributed by atoms with Crippen LogP contribution in [0.25, 0.3) is 0 Å². The molecule has 2 heterocycles. The van der Waals surface area contributed by atoms with E-state index in [1.54, 1.807) is 4.68 Å². The number of rotatable bonds is 4. The van der Waals surface area contributed by atoms with Crippen molar-refractivity contribution in [1.29, 1.82) is 0 Å². The molecule has 0 unspecified atom stereocenters. The topological polar surface area (TPSA) is 39.9 Å². The minimum atomic E-state index is -0.533. The van der Waals surface area contributed by atoms with Gasteiger partial charge in [-0.15, -0.1) is 0 Å². The first-order valence-corrected chi connectivity index (χ1v) is 5.94. The highest BCUT2D eigenvalue weighted by molar-refractivity contribution is 6.31. The molecule has 18 heavy (non-hydrogen) atoms. The molecule has 2 aromatic heterocycles. The number of pyridine rings is 1. The molecule has 6 heteroatoms. The van der Waals surface area contributed by atoms with Gasteiger partial charge in [0.05, 0.1) is 22.6 Å². The van der Waals surface area contributed by atoms with Crippen LogP contribution in [0.5, 0.6) is 5.75 Å². The maximum atomic E-state index is 12.6. The van der Waals surface area contributed by atoms with Crippen molar-refractivity contribution < 1.29 is 9.13 Å². The number of aryl methyl sites for hydroxylation is 2. The van der Waals surface area contributed by atoms with Crippen LogP contribution in [0.15, 0.2) is 18.3 Å². The Morgan fingerprint density at radius 3 is 2.78 bits per heavy atom. The Morgan fingerprint density at radius 2 is 2.22 bits per heavy atom. The van der Waals surface area contributed by atoms with Gasteiger partial charge in [-0.2, -0.15) is 9.49 Å². The van der Waals surface area contributed by atoms with E-state index < -0.39 is 5.95 Å². The van der Waals surface area contributed by atoms with Gasteiger partial charge in [0.25, 0.3) is 0 Å². The average Bonchev–Trinajstić information content (AvgIpc) is 2.64. The van der Waals surface area contributed by atoms with Gasteiger partial charge in [0.15, 0.2) is 0 Å². The molecule has 2 aromatic rings. The van der Waals surface area contributed by atoms with Gasteiger partial charge < -0.3 is 4.74 Å². The second kappa shape index (κ2) is 5.35. The fourth-order valence-corrected chi connectivity index (χ4v) is 1.92. The summed E-state index contributed by atoms with van der Waals surface area (Å²) >= 11 is 6.18. The third kappa shape index (κ3) is 2.61. The van der Waals surface area contributed by atoms with Crippen molar-refractivity contribution in [3.05, 3.63) is 40.7 Å². The zero-order valence-electron chi connectivity index (χ0n) is 10.2. The van der Waals surface area contributed by atoms with Gasteiger partial charge >= 0.3 is 0 Å². The van der Waals surface area contributed by atoms with E-state index in [1.807, 2.05) is 14.0 Å². The molecule has 0 fully saturated rings. The lowest BCUT2D eigenvalue weighted by atomic mass is 10.3. The van der Waals surface area contributed by atoms with E-state index in [-0.39, 0.29) is 6.61 Å². The standard InChI is InChI=1S/C12H13ClFN3O/c1-3-9-12(13)10(17(2)16-9)7-18-8-4-5-11(14)15-6-8/h4-6H,3,7H2,1-2H3. The Morgan fingerprint density at radius 1 is 1.44 bits per heavy atom. The van der Waals surface area contributed by atoms with Crippen molar-refractivity contribution in [1.82, 2.24) is 14.8 Å². The van der Waals surface area contributed by atoms with E-state index in [4.69, 9.17) is 16.3 Å². The Balaban J connectivity index is 2.10. The maximum absolute atomic E-state index is 12.6. The number of halogens is 2. The van der Waals surface area contributed by atoms with Crippen LogP contribution >= 0.6 is 11.6 Å². The lowest BCUT2D eigenvalue weighted by Gasteiger charge is -2.06. The van der Waals surface area contributed by atoms with Crippen molar-refractivity contribution in [3.63, 3.8) is 0 Å². The van der Waals surface area contributed by atoms with Crippen LogP contribution in [0.2, 0.25) is 5.02 Å². The van der Waals surface area contributed by atoms with Gasteiger partial charge in [0.1, 0.15) is 12.4 Å². The zero-order chi connectivity index (χ0) is 13.1. The Bertz CT molecular complexity index is 539. The molecule has 4 nitrogen and oxygen atoms in total. The Hall–Kier alpha value is -1.62. The molecule has 0 aliphatic carbocycles. The Labute approximate surface area is 109 Å². The molecule has 96 valence electrons. The van der Waals surface area contributed by atoms with Crippen molar-refractivity contribution in [2.24, 2.45) is 7.05 Å². The molecule has 2 rings (SSSR count). The largest absolute Gasteiger partial charge is 0.486 e. The second-order valence-corrected chi connectivity index (χ2v) is 4.17. The smallest absolute Gasteiger partial charge is 0.213 e. The van der Waals surface area contributed by atoms with Crippen LogP contribution in [0, 0.1) is 5.95 Å². The van der Waals surface area contributed by atoms with E-state index in [0.717, 1.165) is 17.8 Å². The summed E-state index contributed by atoms with van der Waals surface area (Å²) in [5.41, 5.74) is 1.63. The number of hydrogen-bond donors (Lipinski definition) is 0. The van der Waals surface area contributed by atoms with Gasteiger partial charge in [-0.1, -0.05) is 18.5 Å². The molecule has 0 N–H and O–H groups in total. The lowest BCUT2D eigenvalue weighted by Crippen LogP contribution is -2.03. The number of aromatic nitrogens is 3. The number of hydrogen-bond acceptors (Lipinski definition) is 3. The highest BCUT2D eigenvalue weighted by Gasteiger charge is 2.13. The fraction of sp³-hybridized carbons (Fsp3) is 0.333. The molecule has 0 amide bonds. The van der Waals surface area contributed by atoms with Crippen molar-refractivity contribution >= 4 is 11.6 Å². The summed E-state index contributed by atoms with van der Waals surface area (Å²) in [5, 5.41) is 4.90. The van der Waals surface area contributed by atoms with E-state index >= 15 is 0 Å². The third-order valence-corrected chi connectivity index (χ3v) is 3.02. The van der Waals surface area contributed by atoms with Gasteiger partial charge in [-0.05, 0) is 18.6 Å². The van der Waals surface area contributed by atoms with Crippen LogP contribution in [0.4, 0.5) is 4.39 Å². The normalized spacial score (nSPS) is 10.7. The van der Waals surface area contributed by atoms with Crippen LogP contribution in [0.1, 0.15) is 18.3 Å². The van der Waals surface area contributed by atoms with Crippen LogP contribution in [0.3, 0.4) is 0 Å². The summed E-state index contributed by atoms with van der Waals surface area (Å²) in [6.45, 7) is 2.26. The lowest BCUT2D eigenvalue weighted by molar-refractivity contribution is 0.293. The predicted octanol–water partition coefficient (Wildman–Crippen LogP) is 2.75. The quantitative estimate of drug-likeness (QED) is 0.802. The number of ether oxygens (including phenoxy) is 1. The van der Waals surface area contributed by atoms with Crippen molar-refractivity contribution in [3.8, 4) is 5.75 Å². The molecular weight excluding hydrogens is 257 g/mol. The molecule has 0 aliphatic rings. The van der Waals surface area contributed by atoms with E-state index in [9.17, 15) is 4.39 Å². The van der Waals surface area contributed by atoms with E-state index in [0.29, 0.717) is 10.8 Å². The summed E-state index contributed by atoms with van der Waals surface area (Å²) in [4.78, 5) is 3.51. The molecule has 0 spiro atoms. The molecule has 0 bridgehead atoms. The molecule has 0 radical (unpaired) electrons. The summed E-state index contributed by atoms with van der Waals surface area (Å²) < 4.78 is 19.8. The maximum Gasteiger partial charge on any atom is 0.213 e. The molecular formula is C12H13ClFN3O. The van der Waals surface area contributed by atoms with Gasteiger partial charge in [0, 0.05) is 7.05 Å². The third-order valence-electron chi connectivity index (χ3n) is 2.58. The van der Waals surface area contributed by atoms with Gasteiger partial charge in [0.2, 0.25) is 5.95 Å². The average molecular weight is 270 g/mol. The first-order valence-electron chi connectivity index (χ1n) is 5.56. The number of nitrogens with zero attached hydrogens (tertiary/aromatic N) is 3. The molecule has 0 aromatic carbocycles. The Kier molecular flexibility index (Phi) is 3.81. The predicted molar refractivity (Wildman–Crippen MR) is 66.1 cm³/mol. The first-order chi connectivity index (χ1) is 8.61. The highest BCUT2D eigenvalue weighted by atomic mass is 35.5. The molecule has 0 aliphatic heterocycles. The first kappa shape index (κ1) is 12.8. The monoisotopic (exact) mass is 269 g/mol. The van der Waals surface area contributed by atoms with Crippen LogP contribution < -0.4 is 4.74 Å².